The van der Waals surface area contributed by atoms with Gasteiger partial charge in [-0.15, -0.1) is 0 Å². The van der Waals surface area contributed by atoms with Crippen LogP contribution >= 0.6 is 15.9 Å². The number of nitrogens with two attached hydrogens (primary N) is 1. The maximum atomic E-state index is 12.1. The summed E-state index contributed by atoms with van der Waals surface area (Å²) in [5, 5.41) is 9.00. The van der Waals surface area contributed by atoms with E-state index in [9.17, 15) is 8.42 Å². The SMILES string of the molecule is CC(CO)C(C)NS(=O)(=O)c1ccc(N)cc1Br. The third-order valence-electron chi connectivity index (χ3n) is 2.73. The van der Waals surface area contributed by atoms with Gasteiger partial charge in [-0.3, -0.25) is 0 Å². The molecule has 7 heteroatoms. The Hall–Kier alpha value is -0.630. The lowest BCUT2D eigenvalue weighted by atomic mass is 10.1. The highest BCUT2D eigenvalue weighted by atomic mass is 79.9. The van der Waals surface area contributed by atoms with Crippen LogP contribution in [0.1, 0.15) is 13.8 Å². The molecule has 0 aromatic heterocycles. The number of anilines is 1. The topological polar surface area (TPSA) is 92.4 Å². The molecule has 0 saturated carbocycles. The van der Waals surface area contributed by atoms with Gasteiger partial charge in [0, 0.05) is 22.8 Å². The lowest BCUT2D eigenvalue weighted by Crippen LogP contribution is -2.38. The minimum absolute atomic E-state index is 0.0768. The van der Waals surface area contributed by atoms with Crippen molar-refractivity contribution in [2.75, 3.05) is 12.3 Å². The Morgan fingerprint density at radius 3 is 2.56 bits per heavy atom. The first-order valence-electron chi connectivity index (χ1n) is 5.46. The predicted octanol–water partition coefficient (Wildman–Crippen LogP) is 1.33. The van der Waals surface area contributed by atoms with E-state index in [0.29, 0.717) is 10.2 Å². The van der Waals surface area contributed by atoms with Gasteiger partial charge in [-0.2, -0.15) is 0 Å². The van der Waals surface area contributed by atoms with E-state index < -0.39 is 10.0 Å². The van der Waals surface area contributed by atoms with Crippen molar-refractivity contribution in [2.24, 2.45) is 5.92 Å². The average molecular weight is 337 g/mol. The molecule has 18 heavy (non-hydrogen) atoms. The fourth-order valence-corrected chi connectivity index (χ4v) is 3.76. The van der Waals surface area contributed by atoms with Crippen molar-refractivity contribution in [1.29, 1.82) is 0 Å². The summed E-state index contributed by atoms with van der Waals surface area (Å²) in [4.78, 5) is 0.133. The quantitative estimate of drug-likeness (QED) is 0.707. The first-order valence-corrected chi connectivity index (χ1v) is 7.73. The summed E-state index contributed by atoms with van der Waals surface area (Å²) in [6.45, 7) is 3.40. The van der Waals surface area contributed by atoms with Crippen molar-refractivity contribution < 1.29 is 13.5 Å². The van der Waals surface area contributed by atoms with E-state index in [1.807, 2.05) is 0 Å². The van der Waals surface area contributed by atoms with Crippen molar-refractivity contribution in [3.05, 3.63) is 22.7 Å². The second-order valence-corrected chi connectivity index (χ2v) is 6.80. The highest BCUT2D eigenvalue weighted by Crippen LogP contribution is 2.24. The second kappa shape index (κ2) is 6.01. The van der Waals surface area contributed by atoms with Crippen LogP contribution in [0.15, 0.2) is 27.6 Å². The summed E-state index contributed by atoms with van der Waals surface area (Å²) in [6.07, 6.45) is 0. The molecule has 0 aliphatic heterocycles. The van der Waals surface area contributed by atoms with Crippen molar-refractivity contribution in [3.8, 4) is 0 Å². The molecule has 4 N–H and O–H groups in total. The Morgan fingerprint density at radius 1 is 1.44 bits per heavy atom. The fraction of sp³-hybridized carbons (Fsp3) is 0.455. The van der Waals surface area contributed by atoms with Crippen LogP contribution in [0.5, 0.6) is 0 Å². The fourth-order valence-electron chi connectivity index (χ4n) is 1.32. The van der Waals surface area contributed by atoms with E-state index in [0.717, 1.165) is 0 Å². The van der Waals surface area contributed by atoms with Crippen LogP contribution in [0.3, 0.4) is 0 Å². The Kier molecular flexibility index (Phi) is 5.15. The zero-order chi connectivity index (χ0) is 13.9. The van der Waals surface area contributed by atoms with Gasteiger partial charge >= 0.3 is 0 Å². The Bertz CT molecular complexity index is 519. The molecule has 1 rings (SSSR count). The molecule has 0 spiro atoms. The van der Waals surface area contributed by atoms with Crippen LogP contribution in [0.25, 0.3) is 0 Å². The van der Waals surface area contributed by atoms with Gasteiger partial charge in [-0.05, 0) is 47.0 Å². The Labute approximate surface area is 116 Å². The molecule has 1 aromatic carbocycles. The largest absolute Gasteiger partial charge is 0.399 e. The van der Waals surface area contributed by atoms with Crippen LogP contribution in [0.4, 0.5) is 5.69 Å². The minimum Gasteiger partial charge on any atom is -0.399 e. The minimum atomic E-state index is -3.63. The summed E-state index contributed by atoms with van der Waals surface area (Å²) >= 11 is 3.18. The van der Waals surface area contributed by atoms with Crippen LogP contribution < -0.4 is 10.5 Å². The molecule has 1 aromatic rings. The summed E-state index contributed by atoms with van der Waals surface area (Å²) in [5.41, 5.74) is 6.05. The highest BCUT2D eigenvalue weighted by molar-refractivity contribution is 9.10. The number of benzene rings is 1. The number of aliphatic hydroxyl groups excluding tert-OH is 1. The second-order valence-electron chi connectivity index (χ2n) is 4.26. The number of hydrogen-bond acceptors (Lipinski definition) is 4. The molecule has 0 fully saturated rings. The van der Waals surface area contributed by atoms with E-state index in [1.165, 1.54) is 18.2 Å². The third-order valence-corrected chi connectivity index (χ3v) is 5.26. The molecule has 102 valence electrons. The van der Waals surface area contributed by atoms with Crippen molar-refractivity contribution >= 4 is 31.6 Å². The van der Waals surface area contributed by atoms with E-state index in [-0.39, 0.29) is 23.5 Å². The zero-order valence-corrected chi connectivity index (χ0v) is 12.6. The van der Waals surface area contributed by atoms with Crippen LogP contribution in [-0.4, -0.2) is 26.2 Å². The number of sulfonamides is 1. The Morgan fingerprint density at radius 2 is 2.06 bits per heavy atom. The van der Waals surface area contributed by atoms with Gasteiger partial charge in [-0.25, -0.2) is 13.1 Å². The smallest absolute Gasteiger partial charge is 0.241 e. The number of rotatable bonds is 5. The molecule has 0 amide bonds. The molecule has 0 aliphatic rings. The first kappa shape index (κ1) is 15.4. The molecule has 5 nitrogen and oxygen atoms in total. The number of nitrogens with one attached hydrogen (secondary N) is 1. The van der Waals surface area contributed by atoms with Crippen molar-refractivity contribution in [2.45, 2.75) is 24.8 Å². The van der Waals surface area contributed by atoms with Crippen molar-refractivity contribution in [3.63, 3.8) is 0 Å². The molecular weight excluding hydrogens is 320 g/mol. The van der Waals surface area contributed by atoms with Gasteiger partial charge in [0.05, 0.1) is 4.90 Å². The molecule has 2 unspecified atom stereocenters. The monoisotopic (exact) mass is 336 g/mol. The molecule has 0 bridgehead atoms. The van der Waals surface area contributed by atoms with Crippen LogP contribution in [-0.2, 0) is 10.0 Å². The van der Waals surface area contributed by atoms with E-state index >= 15 is 0 Å². The molecule has 0 heterocycles. The third kappa shape index (κ3) is 3.68. The summed E-state index contributed by atoms with van der Waals surface area (Å²) < 4.78 is 27.2. The molecular formula is C11H17BrN2O3S. The van der Waals surface area contributed by atoms with E-state index in [4.69, 9.17) is 10.8 Å². The van der Waals surface area contributed by atoms with Crippen molar-refractivity contribution in [1.82, 2.24) is 4.72 Å². The summed E-state index contributed by atoms with van der Waals surface area (Å²) in [5.74, 6) is -0.160. The number of hydrogen-bond donors (Lipinski definition) is 3. The van der Waals surface area contributed by atoms with Crippen LogP contribution in [0.2, 0.25) is 0 Å². The van der Waals surface area contributed by atoms with Crippen LogP contribution in [0, 0.1) is 5.92 Å². The standard InChI is InChI=1S/C11H17BrN2O3S/c1-7(6-15)8(2)14-18(16,17)11-4-3-9(13)5-10(11)12/h3-5,7-8,14-15H,6,13H2,1-2H3. The molecule has 0 saturated heterocycles. The number of nitrogen functional groups attached to an aromatic ring is 1. The molecule has 0 aliphatic carbocycles. The molecule has 2 atom stereocenters. The van der Waals surface area contributed by atoms with Gasteiger partial charge in [0.15, 0.2) is 0 Å². The highest BCUT2D eigenvalue weighted by Gasteiger charge is 2.22. The van der Waals surface area contributed by atoms with Gasteiger partial charge < -0.3 is 10.8 Å². The van der Waals surface area contributed by atoms with Gasteiger partial charge in [0.2, 0.25) is 10.0 Å². The van der Waals surface area contributed by atoms with E-state index in [2.05, 4.69) is 20.7 Å². The van der Waals surface area contributed by atoms with Gasteiger partial charge in [0.25, 0.3) is 0 Å². The maximum absolute atomic E-state index is 12.1. The average Bonchev–Trinajstić information content (AvgIpc) is 2.26. The first-order chi connectivity index (χ1) is 8.27. The molecule has 0 radical (unpaired) electrons. The van der Waals surface area contributed by atoms with Gasteiger partial charge in [-0.1, -0.05) is 6.92 Å². The summed E-state index contributed by atoms with van der Waals surface area (Å²) in [7, 11) is -3.63. The zero-order valence-electron chi connectivity index (χ0n) is 10.2. The number of aliphatic hydroxyl groups is 1. The maximum Gasteiger partial charge on any atom is 0.241 e. The summed E-state index contributed by atoms with van der Waals surface area (Å²) in [6, 6.07) is 4.15. The normalized spacial score (nSPS) is 15.3. The lowest BCUT2D eigenvalue weighted by Gasteiger charge is -2.19. The van der Waals surface area contributed by atoms with Gasteiger partial charge in [0.1, 0.15) is 0 Å². The van der Waals surface area contributed by atoms with E-state index in [1.54, 1.807) is 13.8 Å². The predicted molar refractivity (Wildman–Crippen MR) is 74.6 cm³/mol. The number of halogens is 1. The Balaban J connectivity index is 3.00. The lowest BCUT2D eigenvalue weighted by molar-refractivity contribution is 0.216.